The van der Waals surface area contributed by atoms with E-state index in [0.29, 0.717) is 5.96 Å². The molecule has 3 aliphatic rings. The van der Waals surface area contributed by atoms with E-state index in [1.807, 2.05) is 0 Å². The maximum Gasteiger partial charge on any atom is 0.191 e. The van der Waals surface area contributed by atoms with Crippen molar-refractivity contribution in [2.24, 2.45) is 16.6 Å². The van der Waals surface area contributed by atoms with Crippen LogP contribution in [0.5, 0.6) is 0 Å². The molecule has 0 aromatic heterocycles. The molecule has 3 rings (SSSR count). The Bertz CT molecular complexity index is 348. The number of aliphatic imine (C=N–C) groups is 1. The Morgan fingerprint density at radius 1 is 1.20 bits per heavy atom. The van der Waals surface area contributed by atoms with E-state index in [2.05, 4.69) is 21.7 Å². The highest BCUT2D eigenvalue weighted by atomic mass is 16.5. The molecule has 2 saturated heterocycles. The maximum absolute atomic E-state index is 6.12. The highest BCUT2D eigenvalue weighted by molar-refractivity contribution is 5.78. The molecule has 0 aromatic carbocycles. The summed E-state index contributed by atoms with van der Waals surface area (Å²) >= 11 is 0. The molecule has 2 heterocycles. The van der Waals surface area contributed by atoms with Gasteiger partial charge in [-0.25, -0.2) is 0 Å². The van der Waals surface area contributed by atoms with Crippen LogP contribution < -0.4 is 5.73 Å². The number of guanidine groups is 1. The molecule has 5 heteroatoms. The predicted octanol–water partition coefficient (Wildman–Crippen LogP) is 0.896. The third-order valence-corrected chi connectivity index (χ3v) is 4.79. The van der Waals surface area contributed by atoms with Crippen LogP contribution in [0.2, 0.25) is 0 Å². The number of nitrogens with zero attached hydrogens (tertiary/aromatic N) is 3. The van der Waals surface area contributed by atoms with Crippen LogP contribution in [0.25, 0.3) is 0 Å². The summed E-state index contributed by atoms with van der Waals surface area (Å²) in [6.45, 7) is 8.02. The number of hydrogen-bond acceptors (Lipinski definition) is 3. The molecule has 1 unspecified atom stereocenters. The second kappa shape index (κ2) is 6.31. The molecule has 2 aliphatic heterocycles. The Kier molecular flexibility index (Phi) is 4.46. The second-order valence-corrected chi connectivity index (χ2v) is 6.54. The van der Waals surface area contributed by atoms with Crippen LogP contribution in [0.1, 0.15) is 32.6 Å². The van der Waals surface area contributed by atoms with Crippen molar-refractivity contribution in [3.05, 3.63) is 0 Å². The lowest BCUT2D eigenvalue weighted by Gasteiger charge is -2.33. The van der Waals surface area contributed by atoms with Crippen molar-refractivity contribution in [2.45, 2.75) is 44.8 Å². The second-order valence-electron chi connectivity index (χ2n) is 6.54. The molecule has 1 aliphatic carbocycles. The van der Waals surface area contributed by atoms with Gasteiger partial charge in [0.05, 0.1) is 12.7 Å². The SMILES string of the molecule is CC1CN(C(N)=NCC2CCN(C3CC3)CC2)CCO1. The van der Waals surface area contributed by atoms with Gasteiger partial charge in [-0.2, -0.15) is 0 Å². The minimum absolute atomic E-state index is 0.263. The molecular formula is C15H28N4O. The molecule has 0 aromatic rings. The molecule has 20 heavy (non-hydrogen) atoms. The molecule has 0 amide bonds. The zero-order chi connectivity index (χ0) is 13.9. The van der Waals surface area contributed by atoms with Crippen molar-refractivity contribution in [3.63, 3.8) is 0 Å². The zero-order valence-electron chi connectivity index (χ0n) is 12.6. The van der Waals surface area contributed by atoms with E-state index in [4.69, 9.17) is 10.5 Å². The molecule has 114 valence electrons. The Morgan fingerprint density at radius 2 is 1.95 bits per heavy atom. The molecule has 0 bridgehead atoms. The zero-order valence-corrected chi connectivity index (χ0v) is 12.6. The Hall–Kier alpha value is -0.810. The summed E-state index contributed by atoms with van der Waals surface area (Å²) in [5.74, 6) is 1.44. The van der Waals surface area contributed by atoms with Gasteiger partial charge in [0.2, 0.25) is 0 Å². The van der Waals surface area contributed by atoms with Gasteiger partial charge in [0.15, 0.2) is 5.96 Å². The Morgan fingerprint density at radius 3 is 2.60 bits per heavy atom. The number of morpholine rings is 1. The highest BCUT2D eigenvalue weighted by Crippen LogP contribution is 2.30. The van der Waals surface area contributed by atoms with Crippen LogP contribution in [0.15, 0.2) is 4.99 Å². The fourth-order valence-electron chi connectivity index (χ4n) is 3.29. The first-order valence-corrected chi connectivity index (χ1v) is 8.13. The average molecular weight is 280 g/mol. The van der Waals surface area contributed by atoms with E-state index in [1.165, 1.54) is 38.8 Å². The summed E-state index contributed by atoms with van der Waals surface area (Å²) in [5.41, 5.74) is 6.12. The molecular weight excluding hydrogens is 252 g/mol. The molecule has 5 nitrogen and oxygen atoms in total. The third kappa shape index (κ3) is 3.64. The van der Waals surface area contributed by atoms with Crippen molar-refractivity contribution in [1.82, 2.24) is 9.80 Å². The topological polar surface area (TPSA) is 54.1 Å². The van der Waals surface area contributed by atoms with Crippen molar-refractivity contribution in [1.29, 1.82) is 0 Å². The summed E-state index contributed by atoms with van der Waals surface area (Å²) in [4.78, 5) is 9.46. The van der Waals surface area contributed by atoms with Crippen molar-refractivity contribution in [2.75, 3.05) is 39.3 Å². The summed E-state index contributed by atoms with van der Waals surface area (Å²) in [5, 5.41) is 0. The first-order chi connectivity index (χ1) is 9.72. The monoisotopic (exact) mass is 280 g/mol. The van der Waals surface area contributed by atoms with Crippen LogP contribution in [0.3, 0.4) is 0 Å². The van der Waals surface area contributed by atoms with Gasteiger partial charge in [0.1, 0.15) is 0 Å². The third-order valence-electron chi connectivity index (χ3n) is 4.79. The van der Waals surface area contributed by atoms with Gasteiger partial charge in [-0.15, -0.1) is 0 Å². The Balaban J connectivity index is 1.42. The normalized spacial score (nSPS) is 30.8. The summed E-state index contributed by atoms with van der Waals surface area (Å²) < 4.78 is 5.54. The standard InChI is InChI=1S/C15H28N4O/c1-12-11-19(8-9-20-12)15(16)17-10-13-4-6-18(7-5-13)14-2-3-14/h12-14H,2-11H2,1H3,(H2,16,17). The average Bonchev–Trinajstić information content (AvgIpc) is 3.30. The molecule has 2 N–H and O–H groups in total. The molecule has 1 saturated carbocycles. The largest absolute Gasteiger partial charge is 0.375 e. The van der Waals surface area contributed by atoms with Crippen molar-refractivity contribution < 1.29 is 4.74 Å². The van der Waals surface area contributed by atoms with Gasteiger partial charge in [-0.3, -0.25) is 4.99 Å². The van der Waals surface area contributed by atoms with Gasteiger partial charge in [0.25, 0.3) is 0 Å². The van der Waals surface area contributed by atoms with Gasteiger partial charge in [0, 0.05) is 25.7 Å². The predicted molar refractivity (Wildman–Crippen MR) is 80.8 cm³/mol. The number of ether oxygens (including phenoxy) is 1. The van der Waals surface area contributed by atoms with Crippen LogP contribution in [0.4, 0.5) is 0 Å². The van der Waals surface area contributed by atoms with Gasteiger partial charge >= 0.3 is 0 Å². The Labute approximate surface area is 122 Å². The smallest absolute Gasteiger partial charge is 0.191 e. The molecule has 0 spiro atoms. The molecule has 1 atom stereocenters. The van der Waals surface area contributed by atoms with E-state index in [9.17, 15) is 0 Å². The van der Waals surface area contributed by atoms with E-state index < -0.39 is 0 Å². The first-order valence-electron chi connectivity index (χ1n) is 8.13. The molecule has 3 fully saturated rings. The van der Waals surface area contributed by atoms with Gasteiger partial charge < -0.3 is 20.3 Å². The number of nitrogens with two attached hydrogens (primary N) is 1. The fourth-order valence-corrected chi connectivity index (χ4v) is 3.29. The van der Waals surface area contributed by atoms with E-state index in [1.54, 1.807) is 0 Å². The van der Waals surface area contributed by atoms with E-state index in [0.717, 1.165) is 38.2 Å². The summed E-state index contributed by atoms with van der Waals surface area (Å²) in [7, 11) is 0. The van der Waals surface area contributed by atoms with E-state index in [-0.39, 0.29) is 6.10 Å². The number of hydrogen-bond donors (Lipinski definition) is 1. The van der Waals surface area contributed by atoms with Crippen LogP contribution in [-0.2, 0) is 4.74 Å². The van der Waals surface area contributed by atoms with Gasteiger partial charge in [-0.1, -0.05) is 0 Å². The minimum Gasteiger partial charge on any atom is -0.375 e. The number of piperidine rings is 1. The lowest BCUT2D eigenvalue weighted by Crippen LogP contribution is -2.48. The summed E-state index contributed by atoms with van der Waals surface area (Å²) in [6.07, 6.45) is 5.68. The lowest BCUT2D eigenvalue weighted by atomic mass is 9.97. The van der Waals surface area contributed by atoms with Crippen LogP contribution >= 0.6 is 0 Å². The lowest BCUT2D eigenvalue weighted by molar-refractivity contribution is 0.00525. The first kappa shape index (κ1) is 14.1. The van der Waals surface area contributed by atoms with Crippen LogP contribution in [0, 0.1) is 5.92 Å². The highest BCUT2D eigenvalue weighted by Gasteiger charge is 2.31. The molecule has 0 radical (unpaired) electrons. The van der Waals surface area contributed by atoms with Crippen LogP contribution in [-0.4, -0.2) is 67.2 Å². The van der Waals surface area contributed by atoms with Gasteiger partial charge in [-0.05, 0) is 51.6 Å². The fraction of sp³-hybridized carbons (Fsp3) is 0.933. The summed E-state index contributed by atoms with van der Waals surface area (Å²) in [6, 6.07) is 0.916. The minimum atomic E-state index is 0.263. The number of likely N-dealkylation sites (tertiary alicyclic amines) is 1. The maximum atomic E-state index is 6.12. The van der Waals surface area contributed by atoms with Crippen molar-refractivity contribution in [3.8, 4) is 0 Å². The van der Waals surface area contributed by atoms with Crippen molar-refractivity contribution >= 4 is 5.96 Å². The quantitative estimate of drug-likeness (QED) is 0.616. The van der Waals surface area contributed by atoms with E-state index >= 15 is 0 Å². The number of rotatable bonds is 3.